The predicted octanol–water partition coefficient (Wildman–Crippen LogP) is 4.72. The molecule has 0 spiro atoms. The molecule has 3 aromatic carbocycles. The maximum Gasteiger partial charge on any atom is 0.223 e. The lowest BCUT2D eigenvalue weighted by molar-refractivity contribution is -0.132. The second kappa shape index (κ2) is 8.53. The van der Waals surface area contributed by atoms with Crippen molar-refractivity contribution in [2.75, 3.05) is 0 Å². The van der Waals surface area contributed by atoms with Gasteiger partial charge in [0.2, 0.25) is 5.91 Å². The number of aromatic nitrogens is 2. The second-order valence-electron chi connectivity index (χ2n) is 6.92. The monoisotopic (exact) mass is 369 g/mol. The van der Waals surface area contributed by atoms with Crippen LogP contribution in [0.4, 0.5) is 0 Å². The second-order valence-corrected chi connectivity index (χ2v) is 6.92. The Morgan fingerprint density at radius 3 is 1.96 bits per heavy atom. The molecule has 0 saturated carbocycles. The Hall–Kier alpha value is -3.40. The molecule has 0 fully saturated rings. The van der Waals surface area contributed by atoms with E-state index in [1.165, 1.54) is 0 Å². The first kappa shape index (κ1) is 18.0. The molecule has 1 amide bonds. The third kappa shape index (κ3) is 4.46. The molecule has 4 rings (SSSR count). The lowest BCUT2D eigenvalue weighted by Gasteiger charge is -2.23. The van der Waals surface area contributed by atoms with Crippen molar-refractivity contribution < 1.29 is 4.79 Å². The van der Waals surface area contributed by atoms with Gasteiger partial charge in [-0.1, -0.05) is 72.8 Å². The minimum Gasteiger partial charge on any atom is -0.342 e. The Bertz CT molecular complexity index is 967. The quantitative estimate of drug-likeness (QED) is 0.512. The molecule has 1 N–H and O–H groups in total. The van der Waals surface area contributed by atoms with E-state index in [9.17, 15) is 4.79 Å². The zero-order chi connectivity index (χ0) is 19.2. The Morgan fingerprint density at radius 1 is 0.786 bits per heavy atom. The summed E-state index contributed by atoms with van der Waals surface area (Å²) in [6.45, 7) is 1.21. The summed E-state index contributed by atoms with van der Waals surface area (Å²) >= 11 is 0. The minimum atomic E-state index is 0.133. The number of H-pyrrole nitrogens is 1. The third-order valence-corrected chi connectivity index (χ3v) is 4.80. The number of imidazole rings is 1. The molecule has 28 heavy (non-hydrogen) atoms. The summed E-state index contributed by atoms with van der Waals surface area (Å²) in [4.78, 5) is 22.8. The van der Waals surface area contributed by atoms with Crippen LogP contribution in [0.1, 0.15) is 23.4 Å². The van der Waals surface area contributed by atoms with Crippen LogP contribution in [0.15, 0.2) is 84.9 Å². The van der Waals surface area contributed by atoms with E-state index >= 15 is 0 Å². The van der Waals surface area contributed by atoms with Gasteiger partial charge in [-0.15, -0.1) is 0 Å². The number of nitrogens with one attached hydrogen (secondary N) is 1. The number of para-hydroxylation sites is 2. The molecule has 4 aromatic rings. The SMILES string of the molecule is O=C(CCc1nc2ccccc2[nH]1)N(Cc1ccccc1)Cc1ccccc1. The van der Waals surface area contributed by atoms with Crippen LogP contribution < -0.4 is 0 Å². The molecule has 0 atom stereocenters. The van der Waals surface area contributed by atoms with Crippen LogP contribution in [0.25, 0.3) is 11.0 Å². The number of benzene rings is 3. The zero-order valence-electron chi connectivity index (χ0n) is 15.7. The number of aryl methyl sites for hydroxylation is 1. The van der Waals surface area contributed by atoms with Gasteiger partial charge >= 0.3 is 0 Å². The van der Waals surface area contributed by atoms with Crippen LogP contribution >= 0.6 is 0 Å². The van der Waals surface area contributed by atoms with Gasteiger partial charge < -0.3 is 9.88 Å². The molecule has 0 radical (unpaired) electrons. The molecule has 0 unspecified atom stereocenters. The third-order valence-electron chi connectivity index (χ3n) is 4.80. The summed E-state index contributed by atoms with van der Waals surface area (Å²) in [5, 5.41) is 0. The van der Waals surface area contributed by atoms with Gasteiger partial charge in [-0.05, 0) is 23.3 Å². The Kier molecular flexibility index (Phi) is 5.48. The van der Waals surface area contributed by atoms with E-state index in [0.717, 1.165) is 28.0 Å². The maximum absolute atomic E-state index is 13.0. The first-order valence-corrected chi connectivity index (χ1v) is 9.57. The van der Waals surface area contributed by atoms with E-state index in [-0.39, 0.29) is 5.91 Å². The number of aromatic amines is 1. The highest BCUT2D eigenvalue weighted by Gasteiger charge is 2.15. The van der Waals surface area contributed by atoms with Crippen molar-refractivity contribution in [1.29, 1.82) is 0 Å². The smallest absolute Gasteiger partial charge is 0.223 e. The van der Waals surface area contributed by atoms with E-state index in [1.54, 1.807) is 0 Å². The van der Waals surface area contributed by atoms with Crippen LogP contribution in [-0.4, -0.2) is 20.8 Å². The average Bonchev–Trinajstić information content (AvgIpc) is 3.16. The number of fused-ring (bicyclic) bond motifs is 1. The standard InChI is InChI=1S/C24H23N3O/c28-24(16-15-23-25-21-13-7-8-14-22(21)26-23)27(17-19-9-3-1-4-10-19)18-20-11-5-2-6-12-20/h1-14H,15-18H2,(H,25,26). The molecule has 0 saturated heterocycles. The normalized spacial score (nSPS) is 10.9. The maximum atomic E-state index is 13.0. The zero-order valence-corrected chi connectivity index (χ0v) is 15.7. The fourth-order valence-corrected chi connectivity index (χ4v) is 3.35. The molecular weight excluding hydrogens is 346 g/mol. The summed E-state index contributed by atoms with van der Waals surface area (Å²) in [6.07, 6.45) is 1.03. The molecule has 0 bridgehead atoms. The molecule has 4 heteroatoms. The first-order chi connectivity index (χ1) is 13.8. The number of nitrogens with zero attached hydrogens (tertiary/aromatic N) is 2. The molecular formula is C24H23N3O. The van der Waals surface area contributed by atoms with Crippen molar-refractivity contribution in [2.24, 2.45) is 0 Å². The molecule has 0 aliphatic carbocycles. The first-order valence-electron chi connectivity index (χ1n) is 9.57. The fraction of sp³-hybridized carbons (Fsp3) is 0.167. The van der Waals surface area contributed by atoms with Crippen LogP contribution in [0.2, 0.25) is 0 Å². The summed E-state index contributed by atoms with van der Waals surface area (Å²) < 4.78 is 0. The lowest BCUT2D eigenvalue weighted by Crippen LogP contribution is -2.30. The predicted molar refractivity (Wildman–Crippen MR) is 112 cm³/mol. The van der Waals surface area contributed by atoms with Crippen LogP contribution in [0, 0.1) is 0 Å². The van der Waals surface area contributed by atoms with Gasteiger partial charge in [0.25, 0.3) is 0 Å². The molecule has 0 aliphatic heterocycles. The van der Waals surface area contributed by atoms with Crippen LogP contribution in [0.3, 0.4) is 0 Å². The number of carbonyl (C=O) groups is 1. The van der Waals surface area contributed by atoms with Crippen LogP contribution in [0.5, 0.6) is 0 Å². The van der Waals surface area contributed by atoms with Gasteiger partial charge in [0.05, 0.1) is 11.0 Å². The Morgan fingerprint density at radius 2 is 1.36 bits per heavy atom. The topological polar surface area (TPSA) is 49.0 Å². The van der Waals surface area contributed by atoms with Crippen molar-refractivity contribution in [1.82, 2.24) is 14.9 Å². The number of rotatable bonds is 7. The largest absolute Gasteiger partial charge is 0.342 e. The van der Waals surface area contributed by atoms with Gasteiger partial charge in [0.1, 0.15) is 5.82 Å². The number of hydrogen-bond acceptors (Lipinski definition) is 2. The van der Waals surface area contributed by atoms with Gasteiger partial charge in [-0.25, -0.2) is 4.98 Å². The van der Waals surface area contributed by atoms with Gasteiger partial charge in [0, 0.05) is 25.9 Å². The van der Waals surface area contributed by atoms with Gasteiger partial charge in [-0.2, -0.15) is 0 Å². The molecule has 4 nitrogen and oxygen atoms in total. The average molecular weight is 369 g/mol. The van der Waals surface area contributed by atoms with Gasteiger partial charge in [0.15, 0.2) is 0 Å². The lowest BCUT2D eigenvalue weighted by atomic mass is 10.1. The van der Waals surface area contributed by atoms with Crippen molar-refractivity contribution in [3.63, 3.8) is 0 Å². The summed E-state index contributed by atoms with van der Waals surface area (Å²) in [5.74, 6) is 0.988. The van der Waals surface area contributed by atoms with Crippen molar-refractivity contribution in [3.05, 3.63) is 102 Å². The fourth-order valence-electron chi connectivity index (χ4n) is 3.35. The molecule has 1 aromatic heterocycles. The van der Waals surface area contributed by atoms with E-state index in [1.807, 2.05) is 65.6 Å². The van der Waals surface area contributed by atoms with Crippen molar-refractivity contribution >= 4 is 16.9 Å². The Balaban J connectivity index is 1.46. The minimum absolute atomic E-state index is 0.133. The van der Waals surface area contributed by atoms with Crippen LogP contribution in [-0.2, 0) is 24.3 Å². The Labute approximate surface area is 164 Å². The van der Waals surface area contributed by atoms with E-state index in [0.29, 0.717) is 25.9 Å². The molecule has 0 aliphatic rings. The summed E-state index contributed by atoms with van der Waals surface area (Å²) in [7, 11) is 0. The number of carbonyl (C=O) groups excluding carboxylic acids is 1. The molecule has 140 valence electrons. The summed E-state index contributed by atoms with van der Waals surface area (Å²) in [6, 6.07) is 28.2. The van der Waals surface area contributed by atoms with E-state index in [2.05, 4.69) is 34.2 Å². The number of hydrogen-bond donors (Lipinski definition) is 1. The van der Waals surface area contributed by atoms with Crippen molar-refractivity contribution in [3.8, 4) is 0 Å². The number of amides is 1. The highest BCUT2D eigenvalue weighted by Crippen LogP contribution is 2.15. The summed E-state index contributed by atoms with van der Waals surface area (Å²) in [5.41, 5.74) is 4.22. The van der Waals surface area contributed by atoms with E-state index < -0.39 is 0 Å². The van der Waals surface area contributed by atoms with E-state index in [4.69, 9.17) is 0 Å². The van der Waals surface area contributed by atoms with Crippen molar-refractivity contribution in [2.45, 2.75) is 25.9 Å². The highest BCUT2D eigenvalue weighted by atomic mass is 16.2. The highest BCUT2D eigenvalue weighted by molar-refractivity contribution is 5.77. The van der Waals surface area contributed by atoms with Gasteiger partial charge in [-0.3, -0.25) is 4.79 Å². The molecule has 1 heterocycles.